The number of benzene rings is 2. The van der Waals surface area contributed by atoms with Crippen LogP contribution in [0, 0.1) is 12.8 Å². The molecule has 1 nitrogen and oxygen atoms in total. The predicted octanol–water partition coefficient (Wildman–Crippen LogP) is 6.81. The lowest BCUT2D eigenvalue weighted by molar-refractivity contribution is 0.144. The minimum Gasteiger partial charge on any atom is -0.488 e. The lowest BCUT2D eigenvalue weighted by atomic mass is 9.79. The number of rotatable bonds is 5. The molecule has 0 amide bonds. The Morgan fingerprint density at radius 2 is 1.68 bits per heavy atom. The molecule has 0 aliphatic heterocycles. The van der Waals surface area contributed by atoms with E-state index in [1.807, 2.05) is 0 Å². The van der Waals surface area contributed by atoms with Gasteiger partial charge in [0.1, 0.15) is 12.4 Å². The summed E-state index contributed by atoms with van der Waals surface area (Å²) in [6, 6.07) is 13.4. The molecule has 0 atom stereocenters. The highest BCUT2D eigenvalue weighted by Crippen LogP contribution is 2.35. The lowest BCUT2D eigenvalue weighted by Gasteiger charge is -2.26. The Bertz CT molecular complexity index is 686. The smallest absolute Gasteiger partial charge is 0.267 e. The van der Waals surface area contributed by atoms with E-state index in [4.69, 9.17) is 4.74 Å². The second-order valence-electron chi connectivity index (χ2n) is 7.33. The van der Waals surface area contributed by atoms with Crippen LogP contribution in [0.1, 0.15) is 67.2 Å². The van der Waals surface area contributed by atoms with Crippen molar-refractivity contribution in [2.75, 3.05) is 0 Å². The van der Waals surface area contributed by atoms with Crippen LogP contribution in [-0.4, -0.2) is 0 Å². The minimum atomic E-state index is -2.52. The van der Waals surface area contributed by atoms with Crippen LogP contribution in [0.4, 0.5) is 8.78 Å². The summed E-state index contributed by atoms with van der Waals surface area (Å²) in [5.41, 5.74) is 3.18. The van der Waals surface area contributed by atoms with E-state index < -0.39 is 6.43 Å². The van der Waals surface area contributed by atoms with Crippen molar-refractivity contribution in [2.45, 2.75) is 58.5 Å². The summed E-state index contributed by atoms with van der Waals surface area (Å²) in [6.45, 7) is 4.44. The first-order chi connectivity index (χ1) is 12.0. The molecule has 3 heteroatoms. The number of hydrogen-bond donors (Lipinski definition) is 0. The Labute approximate surface area is 149 Å². The van der Waals surface area contributed by atoms with Crippen LogP contribution < -0.4 is 4.74 Å². The maximum Gasteiger partial charge on any atom is 0.267 e. The van der Waals surface area contributed by atoms with Gasteiger partial charge in [-0.3, -0.25) is 0 Å². The van der Waals surface area contributed by atoms with E-state index in [1.165, 1.54) is 37.3 Å². The molecule has 25 heavy (non-hydrogen) atoms. The van der Waals surface area contributed by atoms with Gasteiger partial charge in [-0.15, -0.1) is 0 Å². The molecule has 2 aromatic rings. The second kappa shape index (κ2) is 7.99. The normalized spacial score (nSPS) is 20.7. The van der Waals surface area contributed by atoms with Gasteiger partial charge in [-0.25, -0.2) is 8.78 Å². The zero-order valence-corrected chi connectivity index (χ0v) is 15.0. The Morgan fingerprint density at radius 1 is 1.00 bits per heavy atom. The van der Waals surface area contributed by atoms with E-state index in [1.54, 1.807) is 19.1 Å². The van der Waals surface area contributed by atoms with Crippen LogP contribution in [0.5, 0.6) is 5.75 Å². The summed E-state index contributed by atoms with van der Waals surface area (Å²) in [5, 5.41) is 0. The first-order valence-corrected chi connectivity index (χ1v) is 9.13. The Hall–Kier alpha value is -1.90. The molecule has 134 valence electrons. The SMILES string of the molecule is Cc1ccc(OCc2ccc(C3CCC(C)CC3)cc2)c(C(F)F)c1. The molecule has 1 aliphatic rings. The second-order valence-corrected chi connectivity index (χ2v) is 7.33. The molecule has 0 bridgehead atoms. The molecule has 0 aromatic heterocycles. The van der Waals surface area contributed by atoms with Gasteiger partial charge in [0.25, 0.3) is 6.43 Å². The molecule has 1 fully saturated rings. The molecule has 0 radical (unpaired) electrons. The highest BCUT2D eigenvalue weighted by Gasteiger charge is 2.19. The van der Waals surface area contributed by atoms with Gasteiger partial charge >= 0.3 is 0 Å². The number of halogens is 2. The molecule has 0 saturated heterocycles. The van der Waals surface area contributed by atoms with Crippen molar-refractivity contribution in [2.24, 2.45) is 5.92 Å². The number of hydrogen-bond acceptors (Lipinski definition) is 1. The molecule has 0 N–H and O–H groups in total. The molecular weight excluding hydrogens is 318 g/mol. The van der Waals surface area contributed by atoms with Crippen LogP contribution >= 0.6 is 0 Å². The fraction of sp³-hybridized carbons (Fsp3) is 0.455. The summed E-state index contributed by atoms with van der Waals surface area (Å²) < 4.78 is 31.9. The third-order valence-electron chi connectivity index (χ3n) is 5.26. The zero-order valence-electron chi connectivity index (χ0n) is 15.0. The largest absolute Gasteiger partial charge is 0.488 e. The third-order valence-corrected chi connectivity index (χ3v) is 5.26. The highest BCUT2D eigenvalue weighted by atomic mass is 19.3. The molecule has 3 rings (SSSR count). The molecular formula is C22H26F2O. The Morgan fingerprint density at radius 3 is 2.32 bits per heavy atom. The van der Waals surface area contributed by atoms with Crippen LogP contribution in [0.2, 0.25) is 0 Å². The minimum absolute atomic E-state index is 0.0343. The number of aryl methyl sites for hydroxylation is 1. The van der Waals surface area contributed by atoms with E-state index in [0.717, 1.165) is 17.0 Å². The number of ether oxygens (including phenoxy) is 1. The van der Waals surface area contributed by atoms with Gasteiger partial charge in [0, 0.05) is 0 Å². The van der Waals surface area contributed by atoms with Crippen molar-refractivity contribution in [1.82, 2.24) is 0 Å². The van der Waals surface area contributed by atoms with E-state index in [2.05, 4.69) is 31.2 Å². The first-order valence-electron chi connectivity index (χ1n) is 9.13. The van der Waals surface area contributed by atoms with Crippen LogP contribution in [-0.2, 0) is 6.61 Å². The maximum atomic E-state index is 13.1. The quantitative estimate of drug-likeness (QED) is 0.579. The summed E-state index contributed by atoms with van der Waals surface area (Å²) >= 11 is 0. The average molecular weight is 344 g/mol. The average Bonchev–Trinajstić information content (AvgIpc) is 2.62. The van der Waals surface area contributed by atoms with E-state index >= 15 is 0 Å². The molecule has 2 aromatic carbocycles. The molecule has 0 heterocycles. The van der Waals surface area contributed by atoms with Gasteiger partial charge in [0.2, 0.25) is 0 Å². The van der Waals surface area contributed by atoms with Crippen LogP contribution in [0.15, 0.2) is 42.5 Å². The van der Waals surface area contributed by atoms with Crippen molar-refractivity contribution < 1.29 is 13.5 Å². The predicted molar refractivity (Wildman–Crippen MR) is 97.3 cm³/mol. The van der Waals surface area contributed by atoms with Gasteiger partial charge in [-0.1, -0.05) is 55.7 Å². The van der Waals surface area contributed by atoms with Crippen molar-refractivity contribution in [3.05, 3.63) is 64.7 Å². The van der Waals surface area contributed by atoms with Crippen molar-refractivity contribution in [3.63, 3.8) is 0 Å². The first kappa shape index (κ1) is 17.9. The highest BCUT2D eigenvalue weighted by molar-refractivity contribution is 5.38. The van der Waals surface area contributed by atoms with Crippen molar-refractivity contribution >= 4 is 0 Å². The summed E-state index contributed by atoms with van der Waals surface area (Å²) in [7, 11) is 0. The topological polar surface area (TPSA) is 9.23 Å². The van der Waals surface area contributed by atoms with Crippen LogP contribution in [0.25, 0.3) is 0 Å². The number of alkyl halides is 2. The van der Waals surface area contributed by atoms with E-state index in [0.29, 0.717) is 12.5 Å². The van der Waals surface area contributed by atoms with Gasteiger partial charge in [0.05, 0.1) is 5.56 Å². The Kier molecular flexibility index (Phi) is 5.72. The standard InChI is InChI=1S/C22H26F2O/c1-15-3-8-18(9-4-15)19-10-6-17(7-11-19)14-25-21-12-5-16(2)13-20(21)22(23)24/h5-7,10-13,15,18,22H,3-4,8-9,14H2,1-2H3. The molecule has 0 unspecified atom stereocenters. The monoisotopic (exact) mass is 344 g/mol. The fourth-order valence-electron chi connectivity index (χ4n) is 3.61. The lowest BCUT2D eigenvalue weighted by Crippen LogP contribution is -2.10. The Balaban J connectivity index is 1.63. The van der Waals surface area contributed by atoms with Gasteiger partial charge in [-0.2, -0.15) is 0 Å². The van der Waals surface area contributed by atoms with Gasteiger partial charge in [0.15, 0.2) is 0 Å². The van der Waals surface area contributed by atoms with E-state index in [9.17, 15) is 8.78 Å². The summed E-state index contributed by atoms with van der Waals surface area (Å²) in [6.07, 6.45) is 2.61. The zero-order chi connectivity index (χ0) is 17.8. The summed E-state index contributed by atoms with van der Waals surface area (Å²) in [4.78, 5) is 0. The molecule has 1 saturated carbocycles. The van der Waals surface area contributed by atoms with Crippen molar-refractivity contribution in [3.8, 4) is 5.75 Å². The molecule has 0 spiro atoms. The van der Waals surface area contributed by atoms with Gasteiger partial charge in [-0.05, 0) is 54.9 Å². The fourth-order valence-corrected chi connectivity index (χ4v) is 3.61. The molecule has 1 aliphatic carbocycles. The summed E-state index contributed by atoms with van der Waals surface area (Å²) in [5.74, 6) is 1.78. The maximum absolute atomic E-state index is 13.1. The van der Waals surface area contributed by atoms with Crippen LogP contribution in [0.3, 0.4) is 0 Å². The van der Waals surface area contributed by atoms with Crippen molar-refractivity contribution in [1.29, 1.82) is 0 Å². The van der Waals surface area contributed by atoms with Gasteiger partial charge < -0.3 is 4.74 Å². The van der Waals surface area contributed by atoms with E-state index in [-0.39, 0.29) is 11.3 Å². The third kappa shape index (κ3) is 4.59.